The number of benzene rings is 1. The number of rotatable bonds is 4. The number of carbonyl (C=O) groups is 1. The van der Waals surface area contributed by atoms with Gasteiger partial charge in [-0.3, -0.25) is 9.13 Å². The number of fused-ring (bicyclic) bond motifs is 1. The first-order valence-electron chi connectivity index (χ1n) is 9.65. The Kier molecular flexibility index (Phi) is 4.82. The molecule has 2 saturated heterocycles. The molecule has 146 valence electrons. The predicted molar refractivity (Wildman–Crippen MR) is 106 cm³/mol. The number of nitrogens with one attached hydrogen (secondary N) is 2. The zero-order valence-corrected chi connectivity index (χ0v) is 16.0. The summed E-state index contributed by atoms with van der Waals surface area (Å²) in [6, 6.07) is 3.67. The van der Waals surface area contributed by atoms with E-state index in [0.717, 1.165) is 67.8 Å². The maximum Gasteiger partial charge on any atom is 0.328 e. The van der Waals surface area contributed by atoms with E-state index in [9.17, 15) is 9.59 Å². The van der Waals surface area contributed by atoms with Crippen molar-refractivity contribution in [3.05, 3.63) is 22.6 Å². The number of aryl methyl sites for hydroxylation is 2. The molecule has 1 unspecified atom stereocenters. The maximum absolute atomic E-state index is 12.5. The number of aromatic nitrogens is 2. The molecular weight excluding hydrogens is 346 g/mol. The fourth-order valence-electron chi connectivity index (χ4n) is 4.03. The third-order valence-corrected chi connectivity index (χ3v) is 5.60. The third kappa shape index (κ3) is 3.41. The summed E-state index contributed by atoms with van der Waals surface area (Å²) in [7, 11) is 3.53. The highest BCUT2D eigenvalue weighted by atomic mass is 16.5. The molecule has 3 heterocycles. The Morgan fingerprint density at radius 2 is 1.85 bits per heavy atom. The summed E-state index contributed by atoms with van der Waals surface area (Å²) in [5.41, 5.74) is 3.30. The van der Waals surface area contributed by atoms with Crippen molar-refractivity contribution in [1.82, 2.24) is 14.5 Å². The van der Waals surface area contributed by atoms with E-state index in [1.54, 1.807) is 23.2 Å². The fraction of sp³-hybridized carbons (Fsp3) is 0.579. The van der Waals surface area contributed by atoms with E-state index in [4.69, 9.17) is 4.74 Å². The van der Waals surface area contributed by atoms with Gasteiger partial charge in [-0.1, -0.05) is 0 Å². The molecule has 0 aliphatic carbocycles. The Hall–Kier alpha value is -2.48. The summed E-state index contributed by atoms with van der Waals surface area (Å²) >= 11 is 0. The van der Waals surface area contributed by atoms with Gasteiger partial charge in [-0.25, -0.2) is 9.59 Å². The standard InChI is InChI=1S/C19H27N5O3/c1-22-16-10-14(21-18(25)20-12-13-6-5-9-27-13)15(24-7-3-4-8-24)11-17(16)23(2)19(22)26/h10-11,13H,3-9,12H2,1-2H3,(H2,20,21,25). The van der Waals surface area contributed by atoms with Crippen LogP contribution in [-0.2, 0) is 18.8 Å². The van der Waals surface area contributed by atoms with Crippen LogP contribution in [0.2, 0.25) is 0 Å². The lowest BCUT2D eigenvalue weighted by Gasteiger charge is -2.22. The summed E-state index contributed by atoms with van der Waals surface area (Å²) in [5.74, 6) is 0. The number of hydrogen-bond donors (Lipinski definition) is 2. The van der Waals surface area contributed by atoms with Crippen molar-refractivity contribution in [3.63, 3.8) is 0 Å². The van der Waals surface area contributed by atoms with Crippen LogP contribution in [0.5, 0.6) is 0 Å². The number of nitrogens with zero attached hydrogens (tertiary/aromatic N) is 3. The molecule has 0 radical (unpaired) electrons. The molecule has 0 saturated carbocycles. The molecule has 27 heavy (non-hydrogen) atoms. The van der Waals surface area contributed by atoms with Gasteiger partial charge in [0.15, 0.2) is 0 Å². The number of ether oxygens (including phenoxy) is 1. The Balaban J connectivity index is 1.62. The molecule has 4 rings (SSSR count). The van der Waals surface area contributed by atoms with Crippen molar-refractivity contribution in [2.75, 3.05) is 36.5 Å². The summed E-state index contributed by atoms with van der Waals surface area (Å²) in [6.07, 6.45) is 4.40. The fourth-order valence-corrected chi connectivity index (χ4v) is 4.03. The number of hydrogen-bond acceptors (Lipinski definition) is 4. The van der Waals surface area contributed by atoms with Crippen LogP contribution in [0.1, 0.15) is 25.7 Å². The average Bonchev–Trinajstić information content (AvgIpc) is 3.40. The van der Waals surface area contributed by atoms with Crippen molar-refractivity contribution < 1.29 is 9.53 Å². The van der Waals surface area contributed by atoms with Gasteiger partial charge in [-0.15, -0.1) is 0 Å². The molecule has 2 aromatic rings. The van der Waals surface area contributed by atoms with Gasteiger partial charge in [0.05, 0.1) is 28.5 Å². The highest BCUT2D eigenvalue weighted by Gasteiger charge is 2.21. The van der Waals surface area contributed by atoms with Crippen molar-refractivity contribution in [2.45, 2.75) is 31.8 Å². The number of imidazole rings is 1. The Labute approximate surface area is 158 Å². The molecule has 1 atom stereocenters. The highest BCUT2D eigenvalue weighted by molar-refractivity contribution is 5.98. The van der Waals surface area contributed by atoms with Gasteiger partial charge in [0.25, 0.3) is 0 Å². The molecule has 1 aromatic carbocycles. The SMILES string of the molecule is Cn1c(=O)n(C)c2cc(N3CCCC3)c(NC(=O)NCC3CCCO3)cc21. The van der Waals surface area contributed by atoms with E-state index in [0.29, 0.717) is 6.54 Å². The van der Waals surface area contributed by atoms with Gasteiger partial charge >= 0.3 is 11.7 Å². The van der Waals surface area contributed by atoms with E-state index >= 15 is 0 Å². The van der Waals surface area contributed by atoms with Crippen molar-refractivity contribution in [3.8, 4) is 0 Å². The topological polar surface area (TPSA) is 80.5 Å². The Morgan fingerprint density at radius 3 is 2.52 bits per heavy atom. The quantitative estimate of drug-likeness (QED) is 0.856. The minimum atomic E-state index is -0.244. The number of carbonyl (C=O) groups excluding carboxylic acids is 1. The van der Waals surface area contributed by atoms with Crippen LogP contribution >= 0.6 is 0 Å². The van der Waals surface area contributed by atoms with Gasteiger partial charge in [0, 0.05) is 40.3 Å². The Bertz CT molecular complexity index is 904. The van der Waals surface area contributed by atoms with Crippen molar-refractivity contribution in [2.24, 2.45) is 14.1 Å². The molecule has 0 spiro atoms. The van der Waals surface area contributed by atoms with Crippen LogP contribution in [-0.4, -0.2) is 47.5 Å². The molecule has 8 nitrogen and oxygen atoms in total. The minimum Gasteiger partial charge on any atom is -0.376 e. The normalized spacial score (nSPS) is 19.8. The molecule has 2 aliphatic rings. The zero-order valence-electron chi connectivity index (χ0n) is 16.0. The van der Waals surface area contributed by atoms with Gasteiger partial charge < -0.3 is 20.3 Å². The molecule has 8 heteroatoms. The van der Waals surface area contributed by atoms with Crippen LogP contribution in [0, 0.1) is 0 Å². The van der Waals surface area contributed by atoms with Crippen LogP contribution in [0.25, 0.3) is 11.0 Å². The Morgan fingerprint density at radius 1 is 1.15 bits per heavy atom. The van der Waals surface area contributed by atoms with Crippen LogP contribution in [0.15, 0.2) is 16.9 Å². The van der Waals surface area contributed by atoms with E-state index < -0.39 is 0 Å². The molecule has 0 bridgehead atoms. The molecule has 2 N–H and O–H groups in total. The first-order valence-corrected chi connectivity index (χ1v) is 9.65. The number of urea groups is 1. The van der Waals surface area contributed by atoms with Crippen LogP contribution in [0.4, 0.5) is 16.2 Å². The smallest absolute Gasteiger partial charge is 0.328 e. The summed E-state index contributed by atoms with van der Waals surface area (Å²) in [6.45, 7) is 3.19. The predicted octanol–water partition coefficient (Wildman–Crippen LogP) is 1.78. The van der Waals surface area contributed by atoms with E-state index in [-0.39, 0.29) is 17.8 Å². The monoisotopic (exact) mass is 373 g/mol. The largest absolute Gasteiger partial charge is 0.376 e. The summed E-state index contributed by atoms with van der Waals surface area (Å²) in [4.78, 5) is 27.0. The molecule has 2 aliphatic heterocycles. The van der Waals surface area contributed by atoms with Gasteiger partial charge in [0.2, 0.25) is 0 Å². The molecular formula is C19H27N5O3. The first-order chi connectivity index (χ1) is 13.0. The lowest BCUT2D eigenvalue weighted by molar-refractivity contribution is 0.112. The third-order valence-electron chi connectivity index (χ3n) is 5.60. The van der Waals surface area contributed by atoms with Crippen molar-refractivity contribution >= 4 is 28.4 Å². The van der Waals surface area contributed by atoms with E-state index in [1.807, 2.05) is 12.1 Å². The lowest BCUT2D eigenvalue weighted by Crippen LogP contribution is -2.35. The second-order valence-corrected chi connectivity index (χ2v) is 7.42. The highest BCUT2D eigenvalue weighted by Crippen LogP contribution is 2.33. The minimum absolute atomic E-state index is 0.0719. The molecule has 1 aromatic heterocycles. The average molecular weight is 373 g/mol. The van der Waals surface area contributed by atoms with Gasteiger partial charge in [0.1, 0.15) is 0 Å². The number of amides is 2. The van der Waals surface area contributed by atoms with Crippen molar-refractivity contribution in [1.29, 1.82) is 0 Å². The van der Waals surface area contributed by atoms with E-state index in [2.05, 4.69) is 15.5 Å². The second kappa shape index (κ2) is 7.26. The zero-order chi connectivity index (χ0) is 19.0. The number of anilines is 2. The van der Waals surface area contributed by atoms with E-state index in [1.165, 1.54) is 0 Å². The second-order valence-electron chi connectivity index (χ2n) is 7.42. The summed E-state index contributed by atoms with van der Waals surface area (Å²) < 4.78 is 8.82. The lowest BCUT2D eigenvalue weighted by atomic mass is 10.2. The first kappa shape index (κ1) is 17.9. The molecule has 2 amide bonds. The van der Waals surface area contributed by atoms with Crippen LogP contribution in [0.3, 0.4) is 0 Å². The van der Waals surface area contributed by atoms with Gasteiger partial charge in [-0.05, 0) is 37.8 Å². The summed E-state index contributed by atoms with van der Waals surface area (Å²) in [5, 5.41) is 5.89. The van der Waals surface area contributed by atoms with Crippen LogP contribution < -0.4 is 21.2 Å². The van der Waals surface area contributed by atoms with Gasteiger partial charge in [-0.2, -0.15) is 0 Å². The molecule has 2 fully saturated rings. The maximum atomic E-state index is 12.5.